The van der Waals surface area contributed by atoms with Crippen LogP contribution in [-0.2, 0) is 4.79 Å². The van der Waals surface area contributed by atoms with Crippen LogP contribution in [0, 0.1) is 15.5 Å². The number of hydrogen-bond donors (Lipinski definition) is 2. The number of nitro groups is 1. The minimum absolute atomic E-state index is 0.0149. The molecule has 0 saturated heterocycles. The Kier molecular flexibility index (Phi) is 5.38. The van der Waals surface area contributed by atoms with Crippen LogP contribution in [0.2, 0.25) is 0 Å². The third-order valence-electron chi connectivity index (χ3n) is 4.49. The zero-order chi connectivity index (χ0) is 17.7. The van der Waals surface area contributed by atoms with E-state index in [1.807, 2.05) is 0 Å². The van der Waals surface area contributed by atoms with E-state index in [0.717, 1.165) is 25.3 Å². The number of aliphatic carboxylic acids is 1. The summed E-state index contributed by atoms with van der Waals surface area (Å²) in [5.41, 5.74) is -1.17. The molecule has 1 saturated carbocycles. The van der Waals surface area contributed by atoms with Gasteiger partial charge in [0.25, 0.3) is 5.91 Å². The second-order valence-electron chi connectivity index (χ2n) is 5.97. The molecular formula is C16H20N2O6. The lowest BCUT2D eigenvalue weighted by Gasteiger charge is -2.33. The van der Waals surface area contributed by atoms with Crippen LogP contribution in [0.1, 0.15) is 42.5 Å². The summed E-state index contributed by atoms with van der Waals surface area (Å²) in [4.78, 5) is 34.2. The zero-order valence-corrected chi connectivity index (χ0v) is 13.4. The van der Waals surface area contributed by atoms with Crippen molar-refractivity contribution in [1.82, 2.24) is 5.32 Å². The van der Waals surface area contributed by atoms with Crippen molar-refractivity contribution in [3.63, 3.8) is 0 Å². The van der Waals surface area contributed by atoms with Gasteiger partial charge in [-0.05, 0) is 25.0 Å². The van der Waals surface area contributed by atoms with Crippen LogP contribution in [0.3, 0.4) is 0 Å². The van der Waals surface area contributed by atoms with Crippen molar-refractivity contribution in [2.24, 2.45) is 5.41 Å². The quantitative estimate of drug-likeness (QED) is 0.608. The summed E-state index contributed by atoms with van der Waals surface area (Å²) in [6.07, 6.45) is 3.66. The van der Waals surface area contributed by atoms with Crippen LogP contribution in [-0.4, -0.2) is 35.6 Å². The number of benzene rings is 1. The van der Waals surface area contributed by atoms with E-state index in [1.54, 1.807) is 0 Å². The molecule has 1 aromatic rings. The first-order chi connectivity index (χ1) is 11.4. The molecular weight excluding hydrogens is 316 g/mol. The van der Waals surface area contributed by atoms with Crippen LogP contribution in [0.4, 0.5) is 5.69 Å². The summed E-state index contributed by atoms with van der Waals surface area (Å²) in [6.45, 7) is 0.0149. The lowest BCUT2D eigenvalue weighted by molar-refractivity contribution is -0.385. The van der Waals surface area contributed by atoms with E-state index >= 15 is 0 Å². The van der Waals surface area contributed by atoms with Gasteiger partial charge in [-0.15, -0.1) is 0 Å². The first-order valence-electron chi connectivity index (χ1n) is 7.74. The fraction of sp³-hybridized carbons (Fsp3) is 0.500. The molecule has 8 heteroatoms. The van der Waals surface area contributed by atoms with Crippen LogP contribution in [0.25, 0.3) is 0 Å². The van der Waals surface area contributed by atoms with Crippen LogP contribution < -0.4 is 10.1 Å². The first kappa shape index (κ1) is 17.7. The predicted molar refractivity (Wildman–Crippen MR) is 85.1 cm³/mol. The number of carbonyl (C=O) groups is 2. The monoisotopic (exact) mass is 336 g/mol. The SMILES string of the molecule is COc1ccc(C(=O)NCC2(C(=O)O)CCCCC2)cc1[N+](=O)[O-]. The standard InChI is InChI=1S/C16H20N2O6/c1-24-13-6-5-11(9-12(13)18(22)23)14(19)17-10-16(15(20)21)7-3-2-4-8-16/h5-6,9H,2-4,7-8,10H2,1H3,(H,17,19)(H,20,21). The van der Waals surface area contributed by atoms with Gasteiger partial charge >= 0.3 is 11.7 Å². The highest BCUT2D eigenvalue weighted by atomic mass is 16.6. The Labute approximate surface area is 139 Å². The largest absolute Gasteiger partial charge is 0.490 e. The van der Waals surface area contributed by atoms with Gasteiger partial charge in [-0.1, -0.05) is 19.3 Å². The van der Waals surface area contributed by atoms with E-state index in [2.05, 4.69) is 5.32 Å². The molecule has 1 aliphatic carbocycles. The number of amides is 1. The number of methoxy groups -OCH3 is 1. The van der Waals surface area contributed by atoms with Gasteiger partial charge in [0.05, 0.1) is 17.4 Å². The average Bonchev–Trinajstić information content (AvgIpc) is 2.59. The molecule has 2 rings (SSSR count). The average molecular weight is 336 g/mol. The van der Waals surface area contributed by atoms with Crippen molar-refractivity contribution >= 4 is 17.6 Å². The Bertz CT molecular complexity index is 652. The number of ether oxygens (including phenoxy) is 1. The fourth-order valence-electron chi connectivity index (χ4n) is 3.02. The maximum atomic E-state index is 12.3. The van der Waals surface area contributed by atoms with Crippen molar-refractivity contribution in [2.45, 2.75) is 32.1 Å². The molecule has 0 aromatic heterocycles. The molecule has 1 fully saturated rings. The molecule has 0 radical (unpaired) electrons. The molecule has 1 aromatic carbocycles. The van der Waals surface area contributed by atoms with E-state index < -0.39 is 22.2 Å². The molecule has 0 atom stereocenters. The smallest absolute Gasteiger partial charge is 0.311 e. The molecule has 1 amide bonds. The number of carboxylic acid groups (broad SMARTS) is 1. The highest BCUT2D eigenvalue weighted by molar-refractivity contribution is 5.95. The summed E-state index contributed by atoms with van der Waals surface area (Å²) >= 11 is 0. The van der Waals surface area contributed by atoms with Gasteiger partial charge in [0.15, 0.2) is 5.75 Å². The van der Waals surface area contributed by atoms with Gasteiger partial charge in [0.2, 0.25) is 0 Å². The topological polar surface area (TPSA) is 119 Å². The highest BCUT2D eigenvalue weighted by Gasteiger charge is 2.39. The van der Waals surface area contributed by atoms with Crippen molar-refractivity contribution in [1.29, 1.82) is 0 Å². The van der Waals surface area contributed by atoms with Crippen LogP contribution in [0.15, 0.2) is 18.2 Å². The van der Waals surface area contributed by atoms with E-state index in [1.165, 1.54) is 19.2 Å². The Morgan fingerprint density at radius 1 is 1.33 bits per heavy atom. The summed E-state index contributed by atoms with van der Waals surface area (Å²) in [5, 5.41) is 23.1. The molecule has 24 heavy (non-hydrogen) atoms. The number of carbonyl (C=O) groups excluding carboxylic acids is 1. The van der Waals surface area contributed by atoms with E-state index in [0.29, 0.717) is 12.8 Å². The van der Waals surface area contributed by atoms with E-state index in [9.17, 15) is 24.8 Å². The third kappa shape index (κ3) is 3.64. The van der Waals surface area contributed by atoms with Crippen molar-refractivity contribution < 1.29 is 24.4 Å². The number of nitro benzene ring substituents is 1. The van der Waals surface area contributed by atoms with Crippen molar-refractivity contribution in [3.05, 3.63) is 33.9 Å². The lowest BCUT2D eigenvalue weighted by Crippen LogP contribution is -2.44. The van der Waals surface area contributed by atoms with Gasteiger partial charge < -0.3 is 15.2 Å². The Morgan fingerprint density at radius 2 is 2.00 bits per heavy atom. The van der Waals surface area contributed by atoms with Gasteiger partial charge in [0.1, 0.15) is 0 Å². The summed E-state index contributed by atoms with van der Waals surface area (Å²) in [5.74, 6) is -1.39. The maximum absolute atomic E-state index is 12.3. The molecule has 1 aliphatic rings. The maximum Gasteiger partial charge on any atom is 0.311 e. The Balaban J connectivity index is 2.13. The molecule has 8 nitrogen and oxygen atoms in total. The minimum Gasteiger partial charge on any atom is -0.490 e. The minimum atomic E-state index is -0.952. The molecule has 0 bridgehead atoms. The molecule has 0 aliphatic heterocycles. The highest BCUT2D eigenvalue weighted by Crippen LogP contribution is 2.36. The van der Waals surface area contributed by atoms with Gasteiger partial charge in [0, 0.05) is 18.2 Å². The normalized spacial score (nSPS) is 16.2. The van der Waals surface area contributed by atoms with Crippen LogP contribution >= 0.6 is 0 Å². The molecule has 0 spiro atoms. The molecule has 0 heterocycles. The second-order valence-corrected chi connectivity index (χ2v) is 5.97. The molecule has 0 unspecified atom stereocenters. The number of rotatable bonds is 6. The number of nitrogens with zero attached hydrogens (tertiary/aromatic N) is 1. The number of nitrogens with one attached hydrogen (secondary N) is 1. The van der Waals surface area contributed by atoms with E-state index in [4.69, 9.17) is 4.74 Å². The fourth-order valence-corrected chi connectivity index (χ4v) is 3.02. The van der Waals surface area contributed by atoms with Crippen molar-refractivity contribution in [3.8, 4) is 5.75 Å². The summed E-state index contributed by atoms with van der Waals surface area (Å²) in [7, 11) is 1.31. The number of hydrogen-bond acceptors (Lipinski definition) is 5. The predicted octanol–water partition coefficient (Wildman–Crippen LogP) is 2.37. The van der Waals surface area contributed by atoms with Gasteiger partial charge in [-0.3, -0.25) is 19.7 Å². The first-order valence-corrected chi connectivity index (χ1v) is 7.74. The lowest BCUT2D eigenvalue weighted by atomic mass is 9.74. The van der Waals surface area contributed by atoms with Gasteiger partial charge in [-0.2, -0.15) is 0 Å². The molecule has 130 valence electrons. The van der Waals surface area contributed by atoms with E-state index in [-0.39, 0.29) is 23.5 Å². The Hall–Kier alpha value is -2.64. The van der Waals surface area contributed by atoms with Crippen LogP contribution in [0.5, 0.6) is 5.75 Å². The third-order valence-corrected chi connectivity index (χ3v) is 4.49. The second kappa shape index (κ2) is 7.29. The zero-order valence-electron chi connectivity index (χ0n) is 13.4. The van der Waals surface area contributed by atoms with Gasteiger partial charge in [-0.25, -0.2) is 0 Å². The summed E-state index contributed by atoms with van der Waals surface area (Å²) in [6, 6.07) is 3.89. The molecule has 2 N–H and O–H groups in total. The summed E-state index contributed by atoms with van der Waals surface area (Å²) < 4.78 is 4.89. The van der Waals surface area contributed by atoms with Crippen molar-refractivity contribution in [2.75, 3.05) is 13.7 Å². The Morgan fingerprint density at radius 3 is 2.54 bits per heavy atom. The number of carboxylic acids is 1.